The Morgan fingerprint density at radius 2 is 0.426 bits per heavy atom. The van der Waals surface area contributed by atoms with Gasteiger partial charge in [-0.25, -0.2) is 0 Å². The van der Waals surface area contributed by atoms with E-state index in [0.717, 1.165) is 0 Å². The summed E-state index contributed by atoms with van der Waals surface area (Å²) in [6.45, 7) is 0. The Balaban J connectivity index is 0.981. The largest absolute Gasteiger partial charge is 0.308 e. The van der Waals surface area contributed by atoms with E-state index in [1.54, 1.807) is 0 Å². The summed E-state index contributed by atoms with van der Waals surface area (Å²) in [4.78, 5) is 0. The lowest BCUT2D eigenvalue weighted by Gasteiger charge is -2.23. The van der Waals surface area contributed by atoms with Crippen molar-refractivity contribution in [1.82, 2.24) is 8.80 Å². The van der Waals surface area contributed by atoms with Crippen molar-refractivity contribution in [1.29, 1.82) is 0 Å². The fraction of sp³-hybridized carbons (Fsp3) is 0. The zero-order valence-electron chi connectivity index (χ0n) is 36.7. The third-order valence-corrected chi connectivity index (χ3v) is 15.9. The second-order valence-corrected chi connectivity index (χ2v) is 19.0. The lowest BCUT2D eigenvalue weighted by molar-refractivity contribution is 1.36. The predicted octanol–water partition coefficient (Wildman–Crippen LogP) is 17.9. The van der Waals surface area contributed by atoms with Gasteiger partial charge in [-0.15, -0.1) is 0 Å². The van der Waals surface area contributed by atoms with Crippen molar-refractivity contribution >= 4 is 76.2 Å². The molecule has 2 aliphatic rings. The second kappa shape index (κ2) is 12.5. The van der Waals surface area contributed by atoms with Crippen LogP contribution < -0.4 is 0 Å². The summed E-state index contributed by atoms with van der Waals surface area (Å²) in [6.07, 6.45) is 0. The maximum absolute atomic E-state index is 2.58. The van der Waals surface area contributed by atoms with Crippen LogP contribution in [0.25, 0.3) is 165 Å². The van der Waals surface area contributed by atoms with Gasteiger partial charge in [0, 0.05) is 43.1 Å². The molecule has 17 rings (SSSR count). The summed E-state index contributed by atoms with van der Waals surface area (Å²) >= 11 is 0. The number of hydrogen-bond acceptors (Lipinski definition) is 0. The first kappa shape index (κ1) is 35.3. The van der Waals surface area contributed by atoms with Crippen molar-refractivity contribution in [3.8, 4) is 89.0 Å². The van der Waals surface area contributed by atoms with E-state index in [2.05, 4.69) is 227 Å². The predicted molar refractivity (Wildman–Crippen MR) is 286 cm³/mol. The number of hydrogen-bond donors (Lipinski definition) is 0. The van der Waals surface area contributed by atoms with Gasteiger partial charge < -0.3 is 8.80 Å². The summed E-state index contributed by atoms with van der Waals surface area (Å²) in [5.41, 5.74) is 27.9. The molecule has 0 saturated carbocycles. The van der Waals surface area contributed by atoms with E-state index < -0.39 is 0 Å². The first-order valence-electron chi connectivity index (χ1n) is 23.8. The van der Waals surface area contributed by atoms with Crippen LogP contribution in [-0.2, 0) is 0 Å². The summed E-state index contributed by atoms with van der Waals surface area (Å²) in [6, 6.07) is 82.6. The van der Waals surface area contributed by atoms with E-state index in [-0.39, 0.29) is 0 Å². The first-order valence-corrected chi connectivity index (χ1v) is 23.8. The quantitative estimate of drug-likeness (QED) is 0.144. The minimum absolute atomic E-state index is 1.24. The minimum atomic E-state index is 1.24. The first-order chi connectivity index (χ1) is 33.8. The molecule has 4 heterocycles. The number of aromatic nitrogens is 2. The monoisotopic (exact) mass is 856 g/mol. The molecule has 0 amide bonds. The van der Waals surface area contributed by atoms with Crippen LogP contribution in [0, 0.1) is 0 Å². The van der Waals surface area contributed by atoms with Gasteiger partial charge in [0.1, 0.15) is 0 Å². The van der Waals surface area contributed by atoms with Crippen LogP contribution in [0.1, 0.15) is 0 Å². The molecule has 310 valence electrons. The van der Waals surface area contributed by atoms with E-state index in [0.29, 0.717) is 0 Å². The molecule has 4 aromatic heterocycles. The fourth-order valence-electron chi connectivity index (χ4n) is 13.2. The summed E-state index contributed by atoms with van der Waals surface area (Å²) in [5, 5.41) is 10.4. The van der Waals surface area contributed by atoms with Crippen molar-refractivity contribution in [2.75, 3.05) is 0 Å². The van der Waals surface area contributed by atoms with Crippen molar-refractivity contribution < 1.29 is 0 Å². The molecular formula is C66H36N2. The highest BCUT2D eigenvalue weighted by Crippen LogP contribution is 2.54. The van der Waals surface area contributed by atoms with Crippen molar-refractivity contribution in [3.05, 3.63) is 218 Å². The van der Waals surface area contributed by atoms with Crippen molar-refractivity contribution in [3.63, 3.8) is 0 Å². The Bertz CT molecular complexity index is 4430. The van der Waals surface area contributed by atoms with Crippen LogP contribution in [0.3, 0.4) is 0 Å². The molecule has 11 aromatic carbocycles. The third kappa shape index (κ3) is 4.22. The number of benzene rings is 11. The van der Waals surface area contributed by atoms with Gasteiger partial charge in [-0.1, -0.05) is 182 Å². The summed E-state index contributed by atoms with van der Waals surface area (Å²) in [7, 11) is 0. The van der Waals surface area contributed by atoms with Crippen LogP contribution in [0.15, 0.2) is 218 Å². The van der Waals surface area contributed by atoms with E-state index in [1.165, 1.54) is 165 Å². The van der Waals surface area contributed by atoms with Gasteiger partial charge in [-0.3, -0.25) is 0 Å². The van der Waals surface area contributed by atoms with E-state index in [4.69, 9.17) is 0 Å². The Morgan fingerprint density at radius 3 is 0.721 bits per heavy atom. The van der Waals surface area contributed by atoms with Gasteiger partial charge in [0.25, 0.3) is 0 Å². The number of fused-ring (bicyclic) bond motifs is 29. The average Bonchev–Trinajstić information content (AvgIpc) is 4.13. The third-order valence-electron chi connectivity index (χ3n) is 15.9. The molecule has 0 spiro atoms. The Morgan fingerprint density at radius 1 is 0.176 bits per heavy atom. The zero-order valence-corrected chi connectivity index (χ0v) is 36.7. The molecule has 0 unspecified atom stereocenters. The van der Waals surface area contributed by atoms with Gasteiger partial charge in [-0.2, -0.15) is 0 Å². The van der Waals surface area contributed by atoms with Crippen LogP contribution in [0.5, 0.6) is 0 Å². The average molecular weight is 857 g/mol. The highest BCUT2D eigenvalue weighted by Gasteiger charge is 2.29. The minimum Gasteiger partial charge on any atom is -0.308 e. The molecule has 0 radical (unpaired) electrons. The van der Waals surface area contributed by atoms with E-state index in [9.17, 15) is 0 Å². The van der Waals surface area contributed by atoms with Crippen molar-refractivity contribution in [2.45, 2.75) is 0 Å². The van der Waals surface area contributed by atoms with Crippen LogP contribution >= 0.6 is 0 Å². The number of nitrogens with zero attached hydrogens (tertiary/aromatic N) is 2. The van der Waals surface area contributed by atoms with Crippen LogP contribution in [0.4, 0.5) is 0 Å². The maximum atomic E-state index is 2.58. The van der Waals surface area contributed by atoms with Gasteiger partial charge in [-0.05, 0) is 125 Å². The Labute approximate surface area is 390 Å². The van der Waals surface area contributed by atoms with E-state index >= 15 is 0 Å². The SMILES string of the molecule is c1ccc2c(c1)-c1ccccc1-c1cc3c4cccc5c6c7c8cccc9c%10cc%11c(cc%10n(c7ccc6n(c3cc1-c1ccccc1-2)c45)c98)-c1ccccc1-c1ccccc1-c1ccccc1-%11. The normalized spacial score (nSPS) is 12.7. The standard InChI is InChI=1S/C66H36N2/c1-3-17-39-37(15-1)41-19-5-9-23-45(41)53-33-57-49-27-13-29-51-63-59(67(65(49)51)61(57)35-55(53)47-25-11-7-21-43(39)47)31-32-60-64(63)52-30-14-28-50-58-34-54-46-24-10-6-20-42(46)38-16-2-4-18-40(38)44-22-8-12-26-48(44)56(54)36-62(58)68(60)66(50)52/h1-36H. The molecule has 2 heteroatoms. The second-order valence-electron chi connectivity index (χ2n) is 19.0. The molecule has 0 saturated heterocycles. The van der Waals surface area contributed by atoms with Gasteiger partial charge >= 0.3 is 0 Å². The summed E-state index contributed by atoms with van der Waals surface area (Å²) in [5.74, 6) is 0. The van der Waals surface area contributed by atoms with Gasteiger partial charge in [0.05, 0.1) is 33.1 Å². The molecule has 2 nitrogen and oxygen atoms in total. The molecule has 15 aromatic rings. The van der Waals surface area contributed by atoms with Gasteiger partial charge in [0.2, 0.25) is 0 Å². The molecule has 0 bridgehead atoms. The van der Waals surface area contributed by atoms with E-state index in [1.807, 2.05) is 0 Å². The van der Waals surface area contributed by atoms with Crippen LogP contribution in [-0.4, -0.2) is 8.80 Å². The molecule has 0 N–H and O–H groups in total. The summed E-state index contributed by atoms with van der Waals surface area (Å²) < 4.78 is 5.16. The van der Waals surface area contributed by atoms with Crippen molar-refractivity contribution in [2.24, 2.45) is 0 Å². The zero-order chi connectivity index (χ0) is 43.9. The smallest absolute Gasteiger partial charge is 0.0620 e. The fourth-order valence-corrected chi connectivity index (χ4v) is 13.2. The molecular weight excluding hydrogens is 821 g/mol. The molecule has 68 heavy (non-hydrogen) atoms. The number of para-hydroxylation sites is 2. The van der Waals surface area contributed by atoms with Gasteiger partial charge in [0.15, 0.2) is 0 Å². The highest BCUT2D eigenvalue weighted by molar-refractivity contribution is 6.36. The topological polar surface area (TPSA) is 8.82 Å². The molecule has 0 atom stereocenters. The highest BCUT2D eigenvalue weighted by atomic mass is 14.9. The van der Waals surface area contributed by atoms with Crippen LogP contribution in [0.2, 0.25) is 0 Å². The Hall–Kier alpha value is -8.98. The molecule has 0 aliphatic heterocycles. The lowest BCUT2D eigenvalue weighted by Crippen LogP contribution is -1.97. The maximum Gasteiger partial charge on any atom is 0.0620 e. The molecule has 0 fully saturated rings. The number of rotatable bonds is 0. The lowest BCUT2D eigenvalue weighted by atomic mass is 9.80. The Kier molecular flexibility index (Phi) is 6.47. The molecule has 2 aliphatic carbocycles.